The van der Waals surface area contributed by atoms with Crippen LogP contribution in [-0.4, -0.2) is 36.7 Å². The molecule has 1 aliphatic heterocycles. The summed E-state index contributed by atoms with van der Waals surface area (Å²) in [5.74, 6) is -0.394. The Balaban J connectivity index is 2.00. The highest BCUT2D eigenvalue weighted by Crippen LogP contribution is 2.20. The van der Waals surface area contributed by atoms with Gasteiger partial charge < -0.3 is 14.8 Å². The van der Waals surface area contributed by atoms with Crippen LogP contribution in [-0.2, 0) is 9.47 Å². The summed E-state index contributed by atoms with van der Waals surface area (Å²) in [6, 6.07) is 8.68. The Hall–Kier alpha value is -1.88. The number of hydrogen-bond donors (Lipinski definition) is 1. The normalized spacial score (nSPS) is 21.9. The van der Waals surface area contributed by atoms with Gasteiger partial charge in [-0.1, -0.05) is 30.3 Å². The highest BCUT2D eigenvalue weighted by molar-refractivity contribution is 5.98. The zero-order valence-corrected chi connectivity index (χ0v) is 12.6. The van der Waals surface area contributed by atoms with Gasteiger partial charge >= 0.3 is 6.09 Å². The van der Waals surface area contributed by atoms with Crippen molar-refractivity contribution in [1.82, 2.24) is 5.32 Å². The van der Waals surface area contributed by atoms with Crippen molar-refractivity contribution < 1.29 is 19.1 Å². The summed E-state index contributed by atoms with van der Waals surface area (Å²) in [7, 11) is 0. The molecule has 1 aromatic carbocycles. The number of carbonyl (C=O) groups is 2. The second kappa shape index (κ2) is 6.26. The maximum absolute atomic E-state index is 12.5. The second-order valence-corrected chi connectivity index (χ2v) is 6.13. The molecule has 1 N–H and O–H groups in total. The van der Waals surface area contributed by atoms with E-state index in [0.29, 0.717) is 18.8 Å². The summed E-state index contributed by atoms with van der Waals surface area (Å²) in [6.45, 7) is 6.02. The van der Waals surface area contributed by atoms with Gasteiger partial charge in [-0.25, -0.2) is 4.79 Å². The van der Waals surface area contributed by atoms with Crippen LogP contribution in [0.4, 0.5) is 4.79 Å². The molecule has 5 nitrogen and oxygen atoms in total. The monoisotopic (exact) mass is 291 g/mol. The maximum Gasteiger partial charge on any atom is 0.407 e. The highest BCUT2D eigenvalue weighted by atomic mass is 16.6. The largest absolute Gasteiger partial charge is 0.444 e. The average Bonchev–Trinajstić information content (AvgIpc) is 2.84. The number of nitrogens with one attached hydrogen (secondary N) is 1. The van der Waals surface area contributed by atoms with Gasteiger partial charge in [0.05, 0.1) is 25.2 Å². The molecule has 0 saturated carbocycles. The Morgan fingerprint density at radius 3 is 2.48 bits per heavy atom. The lowest BCUT2D eigenvalue weighted by Gasteiger charge is -2.23. The number of ether oxygens (including phenoxy) is 2. The molecular weight excluding hydrogens is 270 g/mol. The van der Waals surface area contributed by atoms with E-state index in [1.807, 2.05) is 18.2 Å². The van der Waals surface area contributed by atoms with Gasteiger partial charge in [-0.3, -0.25) is 4.79 Å². The molecule has 5 heteroatoms. The molecule has 0 aliphatic carbocycles. The Kier molecular flexibility index (Phi) is 4.63. The van der Waals surface area contributed by atoms with E-state index in [-0.39, 0.29) is 17.7 Å². The molecule has 0 radical (unpaired) electrons. The number of Topliss-reactive ketones (excluding diaryl/α,β-unsaturated/α-hetero) is 1. The first-order valence-electron chi connectivity index (χ1n) is 7.03. The summed E-state index contributed by atoms with van der Waals surface area (Å²) >= 11 is 0. The van der Waals surface area contributed by atoms with E-state index >= 15 is 0 Å². The van der Waals surface area contributed by atoms with Crippen molar-refractivity contribution in [3.8, 4) is 0 Å². The van der Waals surface area contributed by atoms with E-state index < -0.39 is 11.7 Å². The molecule has 2 rings (SSSR count). The minimum Gasteiger partial charge on any atom is -0.444 e. The third kappa shape index (κ3) is 4.29. The molecular formula is C16H21NO4. The Morgan fingerprint density at radius 2 is 1.86 bits per heavy atom. The van der Waals surface area contributed by atoms with Crippen LogP contribution in [0.1, 0.15) is 31.1 Å². The van der Waals surface area contributed by atoms with Crippen LogP contribution in [0.3, 0.4) is 0 Å². The van der Waals surface area contributed by atoms with Crippen LogP contribution in [0.2, 0.25) is 0 Å². The first-order chi connectivity index (χ1) is 9.87. The summed E-state index contributed by atoms with van der Waals surface area (Å²) in [6.07, 6.45) is -0.524. The van der Waals surface area contributed by atoms with Crippen molar-refractivity contribution in [2.45, 2.75) is 32.4 Å². The number of amides is 1. The fourth-order valence-corrected chi connectivity index (χ4v) is 2.23. The summed E-state index contributed by atoms with van der Waals surface area (Å²) in [5.41, 5.74) is 0.0617. The predicted molar refractivity (Wildman–Crippen MR) is 78.2 cm³/mol. The van der Waals surface area contributed by atoms with Crippen molar-refractivity contribution in [3.63, 3.8) is 0 Å². The summed E-state index contributed by atoms with van der Waals surface area (Å²) in [5, 5.41) is 2.73. The maximum atomic E-state index is 12.5. The van der Waals surface area contributed by atoms with Crippen molar-refractivity contribution in [3.05, 3.63) is 35.9 Å². The Labute approximate surface area is 124 Å². The predicted octanol–water partition coefficient (Wildman–Crippen LogP) is 2.41. The van der Waals surface area contributed by atoms with Crippen LogP contribution in [0, 0.1) is 5.92 Å². The first-order valence-corrected chi connectivity index (χ1v) is 7.03. The van der Waals surface area contributed by atoms with Gasteiger partial charge in [-0.15, -0.1) is 0 Å². The van der Waals surface area contributed by atoms with Gasteiger partial charge in [0.2, 0.25) is 0 Å². The smallest absolute Gasteiger partial charge is 0.407 e. The standard InChI is InChI=1S/C16H21NO4/c1-16(2,3)21-15(19)17-13-10-20-9-12(13)14(18)11-7-5-4-6-8-11/h4-8,12-13H,9-10H2,1-3H3,(H,17,19)/t12-,13-/m1/s1. The van der Waals surface area contributed by atoms with Gasteiger partial charge in [-0.05, 0) is 20.8 Å². The van der Waals surface area contributed by atoms with E-state index in [9.17, 15) is 9.59 Å². The van der Waals surface area contributed by atoms with E-state index in [0.717, 1.165) is 0 Å². The van der Waals surface area contributed by atoms with Crippen molar-refractivity contribution in [2.75, 3.05) is 13.2 Å². The first kappa shape index (κ1) is 15.5. The molecule has 114 valence electrons. The molecule has 2 atom stereocenters. The summed E-state index contributed by atoms with van der Waals surface area (Å²) < 4.78 is 10.6. The van der Waals surface area contributed by atoms with Crippen LogP contribution >= 0.6 is 0 Å². The molecule has 21 heavy (non-hydrogen) atoms. The van der Waals surface area contributed by atoms with Gasteiger partial charge in [0.15, 0.2) is 5.78 Å². The minimum absolute atomic E-state index is 0.0193. The second-order valence-electron chi connectivity index (χ2n) is 6.13. The molecule has 1 amide bonds. The zero-order valence-electron chi connectivity index (χ0n) is 12.6. The van der Waals surface area contributed by atoms with Crippen LogP contribution < -0.4 is 5.32 Å². The number of alkyl carbamates (subject to hydrolysis) is 1. The number of ketones is 1. The van der Waals surface area contributed by atoms with E-state index in [1.165, 1.54) is 0 Å². The van der Waals surface area contributed by atoms with Gasteiger partial charge in [0.25, 0.3) is 0 Å². The number of carbonyl (C=O) groups excluding carboxylic acids is 2. The van der Waals surface area contributed by atoms with Gasteiger partial charge in [-0.2, -0.15) is 0 Å². The minimum atomic E-state index is -0.567. The van der Waals surface area contributed by atoms with Crippen molar-refractivity contribution in [2.24, 2.45) is 5.92 Å². The van der Waals surface area contributed by atoms with E-state index in [1.54, 1.807) is 32.9 Å². The lowest BCUT2D eigenvalue weighted by atomic mass is 9.93. The molecule has 0 unspecified atom stereocenters. The highest BCUT2D eigenvalue weighted by Gasteiger charge is 2.36. The molecule has 1 aliphatic rings. The number of hydrogen-bond acceptors (Lipinski definition) is 4. The molecule has 1 fully saturated rings. The average molecular weight is 291 g/mol. The van der Waals surface area contributed by atoms with E-state index in [4.69, 9.17) is 9.47 Å². The Morgan fingerprint density at radius 1 is 1.19 bits per heavy atom. The fraction of sp³-hybridized carbons (Fsp3) is 0.500. The zero-order chi connectivity index (χ0) is 15.5. The fourth-order valence-electron chi connectivity index (χ4n) is 2.23. The summed E-state index contributed by atoms with van der Waals surface area (Å²) in [4.78, 5) is 24.3. The van der Waals surface area contributed by atoms with E-state index in [2.05, 4.69) is 5.32 Å². The number of benzene rings is 1. The molecule has 0 bridgehead atoms. The molecule has 0 aromatic heterocycles. The molecule has 1 aromatic rings. The van der Waals surface area contributed by atoms with Crippen LogP contribution in [0.25, 0.3) is 0 Å². The lowest BCUT2D eigenvalue weighted by molar-refractivity contribution is 0.0491. The van der Waals surface area contributed by atoms with Crippen molar-refractivity contribution in [1.29, 1.82) is 0 Å². The topological polar surface area (TPSA) is 64.6 Å². The molecule has 1 saturated heterocycles. The van der Waals surface area contributed by atoms with Gasteiger partial charge in [0, 0.05) is 5.56 Å². The quantitative estimate of drug-likeness (QED) is 0.869. The van der Waals surface area contributed by atoms with Crippen molar-refractivity contribution >= 4 is 11.9 Å². The third-order valence-corrected chi connectivity index (χ3v) is 3.18. The molecule has 0 spiro atoms. The van der Waals surface area contributed by atoms with Gasteiger partial charge in [0.1, 0.15) is 5.60 Å². The van der Waals surface area contributed by atoms with Crippen LogP contribution in [0.5, 0.6) is 0 Å². The molecule has 1 heterocycles. The Bertz CT molecular complexity index is 507. The number of rotatable bonds is 3. The van der Waals surface area contributed by atoms with Crippen LogP contribution in [0.15, 0.2) is 30.3 Å². The third-order valence-electron chi connectivity index (χ3n) is 3.18. The lowest BCUT2D eigenvalue weighted by Crippen LogP contribution is -2.44. The SMILES string of the molecule is CC(C)(C)OC(=O)N[C@@H]1COC[C@H]1C(=O)c1ccccc1.